The number of amides is 1. The van der Waals surface area contributed by atoms with Crippen LogP contribution in [0.2, 0.25) is 5.02 Å². The quantitative estimate of drug-likeness (QED) is 0.434. The molecule has 2 aromatic rings. The van der Waals surface area contributed by atoms with E-state index in [1.807, 2.05) is 30.0 Å². The van der Waals surface area contributed by atoms with Crippen LogP contribution in [0.3, 0.4) is 0 Å². The zero-order valence-corrected chi connectivity index (χ0v) is 23.3. The third-order valence-corrected chi connectivity index (χ3v) is 7.72. The summed E-state index contributed by atoms with van der Waals surface area (Å²) >= 11 is 6.24. The van der Waals surface area contributed by atoms with Gasteiger partial charge in [-0.2, -0.15) is 13.2 Å². The number of rotatable bonds is 6. The predicted molar refractivity (Wildman–Crippen MR) is 144 cm³/mol. The van der Waals surface area contributed by atoms with Crippen LogP contribution < -0.4 is 4.74 Å². The number of likely N-dealkylation sites (tertiary alicyclic amines) is 2. The van der Waals surface area contributed by atoms with Crippen LogP contribution in [0.15, 0.2) is 42.5 Å². The highest BCUT2D eigenvalue weighted by Crippen LogP contribution is 2.41. The van der Waals surface area contributed by atoms with Crippen LogP contribution in [-0.2, 0) is 11.3 Å². The molecule has 2 aliphatic rings. The molecule has 0 bridgehead atoms. The fourth-order valence-corrected chi connectivity index (χ4v) is 5.21. The lowest BCUT2D eigenvalue weighted by Crippen LogP contribution is -2.44. The Morgan fingerprint density at radius 3 is 2.28 bits per heavy atom. The summed E-state index contributed by atoms with van der Waals surface area (Å²) in [5, 5.41) is 7.79. The number of para-hydroxylation sites is 1. The van der Waals surface area contributed by atoms with Gasteiger partial charge in [-0.25, -0.2) is 4.79 Å². The number of carbonyl (C=O) groups is 2. The maximum atomic E-state index is 13.1. The van der Waals surface area contributed by atoms with E-state index < -0.39 is 12.1 Å². The van der Waals surface area contributed by atoms with Crippen molar-refractivity contribution in [2.75, 3.05) is 32.8 Å². The Labute approximate surface area is 232 Å². The number of alkyl halides is 3. The first-order valence-electron chi connectivity index (χ1n) is 13.1. The second-order valence-electron chi connectivity index (χ2n) is 10.8. The fraction of sp³-hybridized carbons (Fsp3) is 0.517. The van der Waals surface area contributed by atoms with Crippen molar-refractivity contribution in [1.29, 1.82) is 0 Å². The average Bonchev–Trinajstić information content (AvgIpc) is 3.26. The molecular weight excluding hydrogens is 533 g/mol. The Balaban J connectivity index is 0.000000532. The lowest BCUT2D eigenvalue weighted by atomic mass is 9.77. The maximum Gasteiger partial charge on any atom is 0.490 e. The van der Waals surface area contributed by atoms with Crippen LogP contribution in [0.25, 0.3) is 0 Å². The minimum Gasteiger partial charge on any atom is -0.493 e. The summed E-state index contributed by atoms with van der Waals surface area (Å²) in [7, 11) is 0. The third-order valence-electron chi connectivity index (χ3n) is 7.31. The molecule has 1 N–H and O–H groups in total. The fourth-order valence-electron chi connectivity index (χ4n) is 5.04. The van der Waals surface area contributed by atoms with Gasteiger partial charge < -0.3 is 14.7 Å². The lowest BCUT2D eigenvalue weighted by Gasteiger charge is -2.39. The topological polar surface area (TPSA) is 70.1 Å². The number of piperidine rings is 1. The van der Waals surface area contributed by atoms with Crippen LogP contribution >= 0.6 is 11.6 Å². The summed E-state index contributed by atoms with van der Waals surface area (Å²) in [6, 6.07) is 14.0. The first kappa shape index (κ1) is 30.8. The molecule has 1 spiro atoms. The van der Waals surface area contributed by atoms with Crippen molar-refractivity contribution in [2.24, 2.45) is 11.3 Å². The van der Waals surface area contributed by atoms with Gasteiger partial charge in [-0.05, 0) is 67.8 Å². The van der Waals surface area contributed by atoms with Crippen LogP contribution in [-0.4, -0.2) is 65.7 Å². The number of aliphatic carboxylic acids is 1. The van der Waals surface area contributed by atoms with Gasteiger partial charge in [0.15, 0.2) is 0 Å². The van der Waals surface area contributed by atoms with Gasteiger partial charge in [-0.1, -0.05) is 49.7 Å². The third kappa shape index (κ3) is 8.35. The smallest absolute Gasteiger partial charge is 0.490 e. The second-order valence-corrected chi connectivity index (χ2v) is 11.2. The van der Waals surface area contributed by atoms with Crippen LogP contribution in [0.4, 0.5) is 13.2 Å². The number of carboxylic acid groups (broad SMARTS) is 1. The summed E-state index contributed by atoms with van der Waals surface area (Å²) < 4.78 is 37.8. The molecule has 1 amide bonds. The summed E-state index contributed by atoms with van der Waals surface area (Å²) in [6.45, 7) is 11.8. The first-order valence-corrected chi connectivity index (χ1v) is 13.5. The van der Waals surface area contributed by atoms with E-state index in [9.17, 15) is 18.0 Å². The molecule has 0 aromatic heterocycles. The van der Waals surface area contributed by atoms with E-state index in [1.165, 1.54) is 12.0 Å². The molecule has 0 radical (unpaired) electrons. The molecule has 10 heteroatoms. The summed E-state index contributed by atoms with van der Waals surface area (Å²) in [4.78, 5) is 26.5. The SMILES string of the molecule is Cc1c(Cl)cccc1C(=O)N1CCC2(CCN(Cc3ccccc3OCC(C)C)C2)CC1.O=C(O)C(F)(F)F. The molecule has 2 aliphatic heterocycles. The number of nitrogens with zero attached hydrogens (tertiary/aromatic N) is 2. The Hall–Kier alpha value is -2.78. The van der Waals surface area contributed by atoms with Gasteiger partial charge in [0, 0.05) is 42.3 Å². The number of benzene rings is 2. The number of halogens is 4. The van der Waals surface area contributed by atoms with E-state index >= 15 is 0 Å². The van der Waals surface area contributed by atoms with E-state index in [4.69, 9.17) is 26.2 Å². The van der Waals surface area contributed by atoms with Gasteiger partial charge in [0.1, 0.15) is 5.75 Å². The van der Waals surface area contributed by atoms with Gasteiger partial charge in [0.2, 0.25) is 0 Å². The van der Waals surface area contributed by atoms with Crippen LogP contribution in [0.5, 0.6) is 5.75 Å². The Morgan fingerprint density at radius 1 is 1.05 bits per heavy atom. The van der Waals surface area contributed by atoms with Crippen molar-refractivity contribution in [1.82, 2.24) is 9.80 Å². The molecule has 0 saturated carbocycles. The standard InChI is InChI=1S/C27H35ClN2O2.C2HF3O2/c1-20(2)18-32-25-10-5-4-7-22(25)17-29-14-11-27(19-29)12-15-30(16-13-27)26(31)23-8-6-9-24(28)21(23)3;3-2(4,5)1(6)7/h4-10,20H,11-19H2,1-3H3;(H,6,7). The minimum atomic E-state index is -5.08. The Morgan fingerprint density at radius 2 is 1.67 bits per heavy atom. The molecular formula is C29H36ClF3N2O4. The molecule has 0 atom stereocenters. The van der Waals surface area contributed by atoms with Gasteiger partial charge in [0.05, 0.1) is 6.61 Å². The lowest BCUT2D eigenvalue weighted by molar-refractivity contribution is -0.192. The highest BCUT2D eigenvalue weighted by atomic mass is 35.5. The van der Waals surface area contributed by atoms with Crippen molar-refractivity contribution < 1.29 is 32.6 Å². The van der Waals surface area contributed by atoms with Crippen LogP contribution in [0, 0.1) is 18.3 Å². The number of hydrogen-bond acceptors (Lipinski definition) is 4. The van der Waals surface area contributed by atoms with Crippen molar-refractivity contribution in [2.45, 2.75) is 52.8 Å². The largest absolute Gasteiger partial charge is 0.493 e. The summed E-state index contributed by atoms with van der Waals surface area (Å²) in [6.07, 6.45) is -1.74. The molecule has 4 rings (SSSR count). The maximum absolute atomic E-state index is 13.1. The monoisotopic (exact) mass is 568 g/mol. The molecule has 2 aromatic carbocycles. The van der Waals surface area contributed by atoms with E-state index in [0.717, 1.165) is 69.0 Å². The molecule has 39 heavy (non-hydrogen) atoms. The van der Waals surface area contributed by atoms with Gasteiger partial charge in [-0.15, -0.1) is 0 Å². The zero-order chi connectivity index (χ0) is 28.8. The summed E-state index contributed by atoms with van der Waals surface area (Å²) in [5.41, 5.74) is 3.21. The summed E-state index contributed by atoms with van der Waals surface area (Å²) in [5.74, 6) is -1.11. The van der Waals surface area contributed by atoms with Gasteiger partial charge >= 0.3 is 12.1 Å². The molecule has 0 aliphatic carbocycles. The van der Waals surface area contributed by atoms with Crippen molar-refractivity contribution in [3.63, 3.8) is 0 Å². The highest BCUT2D eigenvalue weighted by Gasteiger charge is 2.41. The van der Waals surface area contributed by atoms with Crippen molar-refractivity contribution in [3.05, 3.63) is 64.2 Å². The normalized spacial score (nSPS) is 17.2. The minimum absolute atomic E-state index is 0.117. The molecule has 214 valence electrons. The second kappa shape index (κ2) is 13.0. The molecule has 2 fully saturated rings. The molecule has 0 unspecified atom stereocenters. The first-order chi connectivity index (χ1) is 18.3. The van der Waals surface area contributed by atoms with Gasteiger partial charge in [0.25, 0.3) is 5.91 Å². The van der Waals surface area contributed by atoms with E-state index in [0.29, 0.717) is 16.4 Å². The zero-order valence-electron chi connectivity index (χ0n) is 22.6. The van der Waals surface area contributed by atoms with Gasteiger partial charge in [-0.3, -0.25) is 9.69 Å². The molecule has 2 heterocycles. The number of ether oxygens (including phenoxy) is 1. The number of hydrogen-bond donors (Lipinski definition) is 1. The van der Waals surface area contributed by atoms with E-state index in [2.05, 4.69) is 43.0 Å². The van der Waals surface area contributed by atoms with Crippen LogP contribution in [0.1, 0.15) is 54.6 Å². The predicted octanol–water partition coefficient (Wildman–Crippen LogP) is 6.44. The van der Waals surface area contributed by atoms with Crippen molar-refractivity contribution >= 4 is 23.5 Å². The van der Waals surface area contributed by atoms with Crippen molar-refractivity contribution in [3.8, 4) is 5.75 Å². The van der Waals surface area contributed by atoms with E-state index in [-0.39, 0.29) is 5.91 Å². The number of carboxylic acids is 1. The Kier molecular flexibility index (Phi) is 10.3. The number of carbonyl (C=O) groups excluding carboxylic acids is 1. The average molecular weight is 569 g/mol. The highest BCUT2D eigenvalue weighted by molar-refractivity contribution is 6.31. The van der Waals surface area contributed by atoms with E-state index in [1.54, 1.807) is 0 Å². The molecule has 6 nitrogen and oxygen atoms in total. The molecule has 2 saturated heterocycles. The Bertz CT molecular complexity index is 1150.